The number of fused-ring (bicyclic) bond motifs is 3. The van der Waals surface area contributed by atoms with Crippen LogP contribution in [0.25, 0.3) is 22.6 Å². The van der Waals surface area contributed by atoms with Gasteiger partial charge in [0.05, 0.1) is 12.8 Å². The highest BCUT2D eigenvalue weighted by molar-refractivity contribution is 5.76. The molecule has 4 aromatic rings. The van der Waals surface area contributed by atoms with E-state index in [0.717, 1.165) is 15.9 Å². The van der Waals surface area contributed by atoms with Crippen molar-refractivity contribution in [3.8, 4) is 11.4 Å². The van der Waals surface area contributed by atoms with E-state index in [0.29, 0.717) is 29.1 Å². The summed E-state index contributed by atoms with van der Waals surface area (Å²) in [6.07, 6.45) is 2.15. The van der Waals surface area contributed by atoms with E-state index in [-0.39, 0.29) is 13.2 Å². The smallest absolute Gasteiger partial charge is 0.332 e. The Morgan fingerprint density at radius 2 is 2.04 bits per heavy atom. The first kappa shape index (κ1) is 18.1. The summed E-state index contributed by atoms with van der Waals surface area (Å²) >= 11 is 0. The van der Waals surface area contributed by atoms with Gasteiger partial charge in [-0.15, -0.1) is 0 Å². The van der Waals surface area contributed by atoms with E-state index >= 15 is 0 Å². The van der Waals surface area contributed by atoms with Gasteiger partial charge in [0.2, 0.25) is 5.78 Å². The van der Waals surface area contributed by atoms with Gasteiger partial charge in [0.25, 0.3) is 5.56 Å². The average Bonchev–Trinajstić information content (AvgIpc) is 3.20. The summed E-state index contributed by atoms with van der Waals surface area (Å²) in [5.41, 5.74) is 1.51. The van der Waals surface area contributed by atoms with Gasteiger partial charge in [-0.2, -0.15) is 4.98 Å². The second-order valence-electron chi connectivity index (χ2n) is 6.64. The van der Waals surface area contributed by atoms with Gasteiger partial charge in [0, 0.05) is 38.2 Å². The second kappa shape index (κ2) is 6.68. The minimum absolute atomic E-state index is 0.0965. The molecule has 4 rings (SSSR count). The van der Waals surface area contributed by atoms with Crippen LogP contribution in [0.1, 0.15) is 12.1 Å². The average molecular weight is 383 g/mol. The van der Waals surface area contributed by atoms with Crippen LogP contribution in [0.5, 0.6) is 5.75 Å². The van der Waals surface area contributed by atoms with Crippen molar-refractivity contribution in [1.82, 2.24) is 23.1 Å². The van der Waals surface area contributed by atoms with Crippen LogP contribution in [0, 0.1) is 6.92 Å². The van der Waals surface area contributed by atoms with Gasteiger partial charge >= 0.3 is 5.69 Å². The summed E-state index contributed by atoms with van der Waals surface area (Å²) < 4.78 is 11.4. The minimum atomic E-state index is -0.448. The van der Waals surface area contributed by atoms with Crippen LogP contribution < -0.4 is 16.0 Å². The zero-order valence-corrected chi connectivity index (χ0v) is 15.9. The fraction of sp³-hybridized carbons (Fsp3) is 0.316. The molecule has 3 heterocycles. The minimum Gasteiger partial charge on any atom is -0.497 e. The van der Waals surface area contributed by atoms with E-state index in [9.17, 15) is 9.59 Å². The van der Waals surface area contributed by atoms with Crippen molar-refractivity contribution in [2.45, 2.75) is 19.9 Å². The molecular weight excluding hydrogens is 362 g/mol. The van der Waals surface area contributed by atoms with Gasteiger partial charge < -0.3 is 9.84 Å². The molecule has 0 atom stereocenters. The summed E-state index contributed by atoms with van der Waals surface area (Å²) in [5.74, 6) is 1.24. The zero-order chi connectivity index (χ0) is 20.0. The van der Waals surface area contributed by atoms with Crippen LogP contribution in [0.15, 0.2) is 40.1 Å². The van der Waals surface area contributed by atoms with E-state index in [1.807, 2.05) is 42.0 Å². The molecule has 3 aromatic heterocycles. The van der Waals surface area contributed by atoms with Crippen LogP contribution in [0.3, 0.4) is 0 Å². The molecule has 0 aliphatic carbocycles. The second-order valence-corrected chi connectivity index (χ2v) is 6.64. The molecule has 0 aliphatic rings. The molecule has 1 aromatic carbocycles. The van der Waals surface area contributed by atoms with E-state index in [1.54, 1.807) is 18.6 Å². The molecule has 0 bridgehead atoms. The highest BCUT2D eigenvalue weighted by Gasteiger charge is 2.20. The quantitative estimate of drug-likeness (QED) is 0.551. The van der Waals surface area contributed by atoms with Crippen molar-refractivity contribution >= 4 is 16.9 Å². The van der Waals surface area contributed by atoms with Crippen molar-refractivity contribution in [3.05, 3.63) is 57.0 Å². The number of nitrogens with zero attached hydrogens (tertiary/aromatic N) is 5. The highest BCUT2D eigenvalue weighted by atomic mass is 16.5. The summed E-state index contributed by atoms with van der Waals surface area (Å²) in [6.45, 7) is 1.98. The Balaban J connectivity index is 2.06. The summed E-state index contributed by atoms with van der Waals surface area (Å²) in [5, 5.41) is 9.08. The van der Waals surface area contributed by atoms with Crippen LogP contribution in [-0.2, 0) is 13.6 Å². The fourth-order valence-electron chi connectivity index (χ4n) is 3.51. The van der Waals surface area contributed by atoms with Crippen molar-refractivity contribution in [2.75, 3.05) is 13.7 Å². The summed E-state index contributed by atoms with van der Waals surface area (Å²) in [7, 11) is 3.19. The first-order valence-corrected chi connectivity index (χ1v) is 8.93. The highest BCUT2D eigenvalue weighted by Crippen LogP contribution is 2.23. The third kappa shape index (κ3) is 2.55. The standard InChI is InChI=1S/C19H21N5O4/c1-12-11-23-15-16(21(2)19(27)22(17(15)26)8-5-9-25)20-18(23)24(12)13-6-4-7-14(10-13)28-3/h4,6-7,10-11,25H,5,8-9H2,1-3H3. The third-order valence-corrected chi connectivity index (χ3v) is 4.88. The Hall–Kier alpha value is -3.33. The molecule has 28 heavy (non-hydrogen) atoms. The Morgan fingerprint density at radius 1 is 1.25 bits per heavy atom. The number of imidazole rings is 2. The molecule has 0 spiro atoms. The van der Waals surface area contributed by atoms with Crippen molar-refractivity contribution in [3.63, 3.8) is 0 Å². The first-order valence-electron chi connectivity index (χ1n) is 8.93. The molecule has 0 aliphatic heterocycles. The maximum absolute atomic E-state index is 13.0. The Kier molecular flexibility index (Phi) is 4.31. The van der Waals surface area contributed by atoms with Crippen LogP contribution >= 0.6 is 0 Å². The molecule has 1 N–H and O–H groups in total. The first-order chi connectivity index (χ1) is 13.5. The third-order valence-electron chi connectivity index (χ3n) is 4.88. The lowest BCUT2D eigenvalue weighted by atomic mass is 10.3. The van der Waals surface area contributed by atoms with Gasteiger partial charge in [-0.3, -0.25) is 22.9 Å². The molecule has 0 radical (unpaired) electrons. The molecule has 0 unspecified atom stereocenters. The Bertz CT molecular complexity index is 1310. The van der Waals surface area contributed by atoms with Crippen molar-refractivity contribution in [1.29, 1.82) is 0 Å². The number of ether oxygens (including phenoxy) is 1. The van der Waals surface area contributed by atoms with Gasteiger partial charge in [0.1, 0.15) is 5.75 Å². The molecule has 0 saturated heterocycles. The van der Waals surface area contributed by atoms with Crippen molar-refractivity contribution in [2.24, 2.45) is 7.05 Å². The lowest BCUT2D eigenvalue weighted by Gasteiger charge is -2.08. The predicted molar refractivity (Wildman–Crippen MR) is 105 cm³/mol. The molecule has 9 nitrogen and oxygen atoms in total. The van der Waals surface area contributed by atoms with E-state index in [4.69, 9.17) is 9.84 Å². The molecular formula is C19H21N5O4. The summed E-state index contributed by atoms with van der Waals surface area (Å²) in [6, 6.07) is 7.54. The number of aromatic nitrogens is 5. The normalized spacial score (nSPS) is 11.6. The number of methoxy groups -OCH3 is 1. The molecule has 0 saturated carbocycles. The number of aryl methyl sites for hydroxylation is 2. The number of hydrogen-bond acceptors (Lipinski definition) is 5. The summed E-state index contributed by atoms with van der Waals surface area (Å²) in [4.78, 5) is 30.2. The van der Waals surface area contributed by atoms with E-state index < -0.39 is 11.2 Å². The lowest BCUT2D eigenvalue weighted by Crippen LogP contribution is -2.39. The van der Waals surface area contributed by atoms with E-state index in [2.05, 4.69) is 4.98 Å². The zero-order valence-electron chi connectivity index (χ0n) is 15.9. The SMILES string of the molecule is COc1cccc(-n2c(C)cn3c4c(=O)n(CCCO)c(=O)n(C)c4nc23)c1. The van der Waals surface area contributed by atoms with Crippen molar-refractivity contribution < 1.29 is 9.84 Å². The maximum Gasteiger partial charge on any atom is 0.332 e. The number of hydrogen-bond donors (Lipinski definition) is 1. The number of aliphatic hydroxyl groups excluding tert-OH is 1. The van der Waals surface area contributed by atoms with Gasteiger partial charge in [-0.05, 0) is 25.5 Å². The van der Waals surface area contributed by atoms with Crippen LogP contribution in [0.4, 0.5) is 0 Å². The molecule has 0 fully saturated rings. The Labute approximate surface area is 159 Å². The molecule has 146 valence electrons. The fourth-order valence-corrected chi connectivity index (χ4v) is 3.51. The van der Waals surface area contributed by atoms with Gasteiger partial charge in [0.15, 0.2) is 11.2 Å². The lowest BCUT2D eigenvalue weighted by molar-refractivity contribution is 0.277. The van der Waals surface area contributed by atoms with Crippen LogP contribution in [-0.4, -0.2) is 41.9 Å². The van der Waals surface area contributed by atoms with Gasteiger partial charge in [-0.1, -0.05) is 6.07 Å². The van der Waals surface area contributed by atoms with E-state index in [1.165, 1.54) is 4.57 Å². The maximum atomic E-state index is 13.0. The largest absolute Gasteiger partial charge is 0.497 e. The Morgan fingerprint density at radius 3 is 2.75 bits per heavy atom. The number of aliphatic hydroxyl groups is 1. The monoisotopic (exact) mass is 383 g/mol. The van der Waals surface area contributed by atoms with Crippen LogP contribution in [0.2, 0.25) is 0 Å². The number of benzene rings is 1. The molecule has 9 heteroatoms. The topological polar surface area (TPSA) is 95.7 Å². The molecule has 0 amide bonds. The van der Waals surface area contributed by atoms with Gasteiger partial charge in [-0.25, -0.2) is 4.79 Å². The predicted octanol–water partition coefficient (Wildman–Crippen LogP) is 0.838. The number of rotatable bonds is 5.